The van der Waals surface area contributed by atoms with Crippen LogP contribution in [0.25, 0.3) is 11.1 Å². The SMILES string of the molecule is CCC(C)(C)C(=O)Oc1ccc2c(c1-c1c(O)ccc3c1CCCC3)CCCC2. The van der Waals surface area contributed by atoms with Crippen LogP contribution < -0.4 is 4.74 Å². The van der Waals surface area contributed by atoms with Gasteiger partial charge in [-0.2, -0.15) is 0 Å². The first-order chi connectivity index (χ1) is 13.9. The lowest BCUT2D eigenvalue weighted by atomic mass is 9.80. The maximum Gasteiger partial charge on any atom is 0.316 e. The van der Waals surface area contributed by atoms with Gasteiger partial charge in [-0.1, -0.05) is 19.1 Å². The molecule has 0 unspecified atom stereocenters. The zero-order valence-corrected chi connectivity index (χ0v) is 17.9. The number of benzene rings is 2. The molecule has 2 aromatic rings. The third kappa shape index (κ3) is 3.68. The van der Waals surface area contributed by atoms with Crippen LogP contribution in [0.3, 0.4) is 0 Å². The van der Waals surface area contributed by atoms with Gasteiger partial charge in [0.25, 0.3) is 0 Å². The van der Waals surface area contributed by atoms with Crippen molar-refractivity contribution in [3.05, 3.63) is 46.5 Å². The molecule has 29 heavy (non-hydrogen) atoms. The van der Waals surface area contributed by atoms with E-state index in [0.29, 0.717) is 11.5 Å². The summed E-state index contributed by atoms with van der Waals surface area (Å²) in [5.41, 5.74) is 6.46. The normalized spacial score (nSPS) is 16.1. The molecule has 2 aliphatic rings. The predicted molar refractivity (Wildman–Crippen MR) is 117 cm³/mol. The number of phenols is 1. The summed E-state index contributed by atoms with van der Waals surface area (Å²) >= 11 is 0. The largest absolute Gasteiger partial charge is 0.507 e. The van der Waals surface area contributed by atoms with Gasteiger partial charge in [0, 0.05) is 11.1 Å². The van der Waals surface area contributed by atoms with E-state index < -0.39 is 5.41 Å². The molecule has 0 radical (unpaired) electrons. The van der Waals surface area contributed by atoms with E-state index in [1.54, 1.807) is 0 Å². The van der Waals surface area contributed by atoms with Crippen molar-refractivity contribution >= 4 is 5.97 Å². The number of hydrogen-bond acceptors (Lipinski definition) is 3. The summed E-state index contributed by atoms with van der Waals surface area (Å²) in [5.74, 6) is 0.699. The highest BCUT2D eigenvalue weighted by molar-refractivity contribution is 5.87. The summed E-state index contributed by atoms with van der Waals surface area (Å²) in [6, 6.07) is 7.95. The van der Waals surface area contributed by atoms with Gasteiger partial charge in [-0.15, -0.1) is 0 Å². The minimum absolute atomic E-state index is 0.207. The Bertz CT molecular complexity index is 939. The van der Waals surface area contributed by atoms with Crippen LogP contribution in [0.2, 0.25) is 0 Å². The Kier molecular flexibility index (Phi) is 5.42. The second kappa shape index (κ2) is 7.85. The van der Waals surface area contributed by atoms with Gasteiger partial charge in [0.05, 0.1) is 5.41 Å². The highest BCUT2D eigenvalue weighted by atomic mass is 16.5. The van der Waals surface area contributed by atoms with Gasteiger partial charge in [-0.3, -0.25) is 4.79 Å². The number of ether oxygens (including phenoxy) is 1. The molecule has 2 aromatic carbocycles. The zero-order chi connectivity index (χ0) is 20.6. The van der Waals surface area contributed by atoms with Crippen molar-refractivity contribution in [3.8, 4) is 22.6 Å². The summed E-state index contributed by atoms with van der Waals surface area (Å²) in [4.78, 5) is 12.9. The molecule has 0 amide bonds. The van der Waals surface area contributed by atoms with Crippen LogP contribution in [0.5, 0.6) is 11.5 Å². The topological polar surface area (TPSA) is 46.5 Å². The molecule has 154 valence electrons. The molecule has 0 bridgehead atoms. The fraction of sp³-hybridized carbons (Fsp3) is 0.500. The Hall–Kier alpha value is -2.29. The van der Waals surface area contributed by atoms with Crippen LogP contribution in [0.15, 0.2) is 24.3 Å². The average Bonchev–Trinajstić information content (AvgIpc) is 2.74. The molecular formula is C26H32O3. The average molecular weight is 393 g/mol. The van der Waals surface area contributed by atoms with Gasteiger partial charge in [-0.05, 0) is 106 Å². The number of hydrogen-bond donors (Lipinski definition) is 1. The number of aromatic hydroxyl groups is 1. The Morgan fingerprint density at radius 3 is 2.07 bits per heavy atom. The number of rotatable bonds is 4. The Morgan fingerprint density at radius 2 is 1.45 bits per heavy atom. The number of phenolic OH excluding ortho intramolecular Hbond substituents is 1. The second-order valence-corrected chi connectivity index (χ2v) is 9.21. The van der Waals surface area contributed by atoms with E-state index in [9.17, 15) is 9.90 Å². The number of carbonyl (C=O) groups is 1. The van der Waals surface area contributed by atoms with Gasteiger partial charge in [-0.25, -0.2) is 0 Å². The van der Waals surface area contributed by atoms with E-state index in [1.165, 1.54) is 35.1 Å². The number of esters is 1. The first-order valence-electron chi connectivity index (χ1n) is 11.1. The summed E-state index contributed by atoms with van der Waals surface area (Å²) < 4.78 is 6.02. The van der Waals surface area contributed by atoms with Crippen LogP contribution in [0.4, 0.5) is 0 Å². The summed E-state index contributed by atoms with van der Waals surface area (Å²) in [6.45, 7) is 5.86. The van der Waals surface area contributed by atoms with Crippen molar-refractivity contribution in [1.82, 2.24) is 0 Å². The van der Waals surface area contributed by atoms with E-state index in [4.69, 9.17) is 4.74 Å². The van der Waals surface area contributed by atoms with Crippen LogP contribution in [-0.4, -0.2) is 11.1 Å². The molecule has 3 heteroatoms. The standard InChI is InChI=1S/C26H32O3/c1-4-26(2,3)25(28)29-22-16-14-18-10-6-8-12-20(18)24(22)23-19-11-7-5-9-17(19)13-15-21(23)27/h13-16,27H,4-12H2,1-3H3. The lowest BCUT2D eigenvalue weighted by molar-refractivity contribution is -0.144. The fourth-order valence-electron chi connectivity index (χ4n) is 4.64. The molecule has 2 aliphatic carbocycles. The molecular weight excluding hydrogens is 360 g/mol. The highest BCUT2D eigenvalue weighted by Gasteiger charge is 2.31. The minimum Gasteiger partial charge on any atom is -0.507 e. The van der Waals surface area contributed by atoms with Crippen LogP contribution in [0.1, 0.15) is 75.1 Å². The lowest BCUT2D eigenvalue weighted by Gasteiger charge is -2.28. The van der Waals surface area contributed by atoms with Crippen LogP contribution in [-0.2, 0) is 30.5 Å². The van der Waals surface area contributed by atoms with E-state index in [1.807, 2.05) is 32.9 Å². The predicted octanol–water partition coefficient (Wildman–Crippen LogP) is 6.16. The van der Waals surface area contributed by atoms with E-state index >= 15 is 0 Å². The monoisotopic (exact) mass is 392 g/mol. The van der Waals surface area contributed by atoms with Crippen LogP contribution >= 0.6 is 0 Å². The molecule has 0 heterocycles. The van der Waals surface area contributed by atoms with Crippen molar-refractivity contribution in [2.75, 3.05) is 0 Å². The van der Waals surface area contributed by atoms with Gasteiger partial charge >= 0.3 is 5.97 Å². The molecule has 0 aliphatic heterocycles. The smallest absolute Gasteiger partial charge is 0.316 e. The van der Waals surface area contributed by atoms with Crippen LogP contribution in [0, 0.1) is 5.41 Å². The highest BCUT2D eigenvalue weighted by Crippen LogP contribution is 2.46. The second-order valence-electron chi connectivity index (χ2n) is 9.21. The summed E-state index contributed by atoms with van der Waals surface area (Å²) in [7, 11) is 0. The number of aryl methyl sites for hydroxylation is 2. The van der Waals surface area contributed by atoms with E-state index in [-0.39, 0.29) is 5.97 Å². The third-order valence-corrected chi connectivity index (χ3v) is 6.89. The minimum atomic E-state index is -0.536. The molecule has 1 N–H and O–H groups in total. The summed E-state index contributed by atoms with van der Waals surface area (Å²) in [6.07, 6.45) is 9.40. The third-order valence-electron chi connectivity index (χ3n) is 6.89. The van der Waals surface area contributed by atoms with Gasteiger partial charge in [0.2, 0.25) is 0 Å². The Balaban J connectivity index is 1.91. The molecule has 4 rings (SSSR count). The zero-order valence-electron chi connectivity index (χ0n) is 17.9. The Morgan fingerprint density at radius 1 is 0.897 bits per heavy atom. The van der Waals surface area contributed by atoms with Gasteiger partial charge in [0.1, 0.15) is 11.5 Å². The Labute approximate surface area is 174 Å². The molecule has 3 nitrogen and oxygen atoms in total. The van der Waals surface area contributed by atoms with E-state index in [2.05, 4.69) is 12.1 Å². The maximum atomic E-state index is 12.9. The quantitative estimate of drug-likeness (QED) is 0.501. The fourth-order valence-corrected chi connectivity index (χ4v) is 4.64. The van der Waals surface area contributed by atoms with Gasteiger partial charge < -0.3 is 9.84 Å². The molecule has 0 spiro atoms. The van der Waals surface area contributed by atoms with Crippen molar-refractivity contribution in [3.63, 3.8) is 0 Å². The lowest BCUT2D eigenvalue weighted by Crippen LogP contribution is -2.28. The number of fused-ring (bicyclic) bond motifs is 2. The first-order valence-corrected chi connectivity index (χ1v) is 11.1. The summed E-state index contributed by atoms with van der Waals surface area (Å²) in [5, 5.41) is 10.9. The van der Waals surface area contributed by atoms with Gasteiger partial charge in [0.15, 0.2) is 0 Å². The van der Waals surface area contributed by atoms with Crippen molar-refractivity contribution in [1.29, 1.82) is 0 Å². The molecule has 0 fully saturated rings. The molecule has 0 saturated heterocycles. The molecule has 0 atom stereocenters. The van der Waals surface area contributed by atoms with E-state index in [0.717, 1.165) is 56.1 Å². The molecule has 0 saturated carbocycles. The molecule has 0 aromatic heterocycles. The van der Waals surface area contributed by atoms with Crippen molar-refractivity contribution < 1.29 is 14.6 Å². The van der Waals surface area contributed by atoms with Crippen molar-refractivity contribution in [2.24, 2.45) is 5.41 Å². The maximum absolute atomic E-state index is 12.9. The van der Waals surface area contributed by atoms with Crippen molar-refractivity contribution in [2.45, 2.75) is 78.6 Å². The first kappa shape index (κ1) is 20.0. The number of carbonyl (C=O) groups excluding carboxylic acids is 1.